The first-order valence-electron chi connectivity index (χ1n) is 4.56. The van der Waals surface area contributed by atoms with Crippen LogP contribution in [0.15, 0.2) is 18.2 Å². The topological polar surface area (TPSA) is 46.2 Å². The van der Waals surface area contributed by atoms with E-state index in [1.54, 1.807) is 0 Å². The quantitative estimate of drug-likeness (QED) is 0.829. The van der Waals surface area contributed by atoms with Gasteiger partial charge in [-0.15, -0.1) is 12.4 Å². The zero-order valence-electron chi connectivity index (χ0n) is 8.67. The summed E-state index contributed by atoms with van der Waals surface area (Å²) in [5.41, 5.74) is 4.18. The molecule has 17 heavy (non-hydrogen) atoms. The van der Waals surface area contributed by atoms with Crippen molar-refractivity contribution in [1.82, 2.24) is 0 Å². The molecule has 0 aromatic heterocycles. The van der Waals surface area contributed by atoms with Crippen LogP contribution in [0.3, 0.4) is 0 Å². The second kappa shape index (κ2) is 6.18. The molecule has 0 saturated carbocycles. The lowest BCUT2D eigenvalue weighted by Gasteiger charge is -2.15. The molecule has 98 valence electrons. The summed E-state index contributed by atoms with van der Waals surface area (Å²) >= 11 is 0. The van der Waals surface area contributed by atoms with Gasteiger partial charge in [-0.25, -0.2) is 4.39 Å². The molecular weight excluding hydrogens is 262 g/mol. The lowest BCUT2D eigenvalue weighted by Crippen LogP contribution is -2.28. The van der Waals surface area contributed by atoms with E-state index in [-0.39, 0.29) is 24.4 Å². The second-order valence-electron chi connectivity index (χ2n) is 3.45. The number of hydrogen-bond donors (Lipinski definition) is 2. The number of aliphatic hydroxyl groups is 1. The molecule has 1 aromatic carbocycles. The van der Waals surface area contributed by atoms with Gasteiger partial charge in [0, 0.05) is 6.04 Å². The Labute approximate surface area is 102 Å². The van der Waals surface area contributed by atoms with E-state index in [1.165, 1.54) is 0 Å². The van der Waals surface area contributed by atoms with Gasteiger partial charge in [0.15, 0.2) is 0 Å². The van der Waals surface area contributed by atoms with Gasteiger partial charge in [-0.05, 0) is 24.1 Å². The van der Waals surface area contributed by atoms with Crippen molar-refractivity contribution < 1.29 is 22.7 Å². The number of benzene rings is 1. The molecule has 1 rings (SSSR count). The minimum atomic E-state index is -4.62. The Morgan fingerprint density at radius 1 is 1.29 bits per heavy atom. The maximum Gasteiger partial charge on any atom is 0.416 e. The van der Waals surface area contributed by atoms with Crippen LogP contribution in [0.4, 0.5) is 17.6 Å². The molecule has 0 aliphatic rings. The standard InChI is InChI=1S/C10H11F4NO.ClH/c11-7-2-1-6(3-8(15)5-16)9(4-7)10(12,13)14;/h1-2,4,8,16H,3,5,15H2;1H. The summed E-state index contributed by atoms with van der Waals surface area (Å²) < 4.78 is 50.3. The molecule has 0 aliphatic carbocycles. The average molecular weight is 274 g/mol. The van der Waals surface area contributed by atoms with Crippen LogP contribution in [-0.2, 0) is 12.6 Å². The van der Waals surface area contributed by atoms with Crippen LogP contribution in [0.1, 0.15) is 11.1 Å². The second-order valence-corrected chi connectivity index (χ2v) is 3.45. The summed E-state index contributed by atoms with van der Waals surface area (Å²) in [6.07, 6.45) is -4.77. The molecule has 0 bridgehead atoms. The van der Waals surface area contributed by atoms with E-state index in [4.69, 9.17) is 10.8 Å². The van der Waals surface area contributed by atoms with E-state index in [2.05, 4.69) is 0 Å². The van der Waals surface area contributed by atoms with Crippen LogP contribution in [0.5, 0.6) is 0 Å². The first kappa shape index (κ1) is 16.1. The minimum Gasteiger partial charge on any atom is -0.395 e. The van der Waals surface area contributed by atoms with Gasteiger partial charge in [0.2, 0.25) is 0 Å². The van der Waals surface area contributed by atoms with Crippen molar-refractivity contribution in [2.24, 2.45) is 5.73 Å². The largest absolute Gasteiger partial charge is 0.416 e. The van der Waals surface area contributed by atoms with Crippen molar-refractivity contribution in [2.75, 3.05) is 6.61 Å². The van der Waals surface area contributed by atoms with E-state index in [1.807, 2.05) is 0 Å². The monoisotopic (exact) mass is 273 g/mol. The summed E-state index contributed by atoms with van der Waals surface area (Å²) in [7, 11) is 0. The molecular formula is C10H12ClF4NO. The molecule has 0 saturated heterocycles. The molecule has 1 aromatic rings. The number of halogens is 5. The van der Waals surface area contributed by atoms with Gasteiger partial charge in [-0.3, -0.25) is 0 Å². The third-order valence-electron chi connectivity index (χ3n) is 2.09. The first-order chi connectivity index (χ1) is 7.34. The number of nitrogens with two attached hydrogens (primary N) is 1. The number of alkyl halides is 3. The Balaban J connectivity index is 0.00000256. The normalized spacial score (nSPS) is 13.1. The van der Waals surface area contributed by atoms with Gasteiger partial charge in [0.05, 0.1) is 12.2 Å². The number of rotatable bonds is 3. The van der Waals surface area contributed by atoms with Gasteiger partial charge in [-0.1, -0.05) is 6.07 Å². The molecule has 0 amide bonds. The fourth-order valence-corrected chi connectivity index (χ4v) is 1.34. The van der Waals surface area contributed by atoms with Crippen molar-refractivity contribution >= 4 is 12.4 Å². The Morgan fingerprint density at radius 2 is 1.88 bits per heavy atom. The predicted molar refractivity (Wildman–Crippen MR) is 57.4 cm³/mol. The molecule has 0 spiro atoms. The highest BCUT2D eigenvalue weighted by atomic mass is 35.5. The smallest absolute Gasteiger partial charge is 0.395 e. The molecule has 0 aliphatic heterocycles. The number of aliphatic hydroxyl groups excluding tert-OH is 1. The van der Waals surface area contributed by atoms with Gasteiger partial charge in [-0.2, -0.15) is 13.2 Å². The average Bonchev–Trinajstić information content (AvgIpc) is 2.19. The molecule has 7 heteroatoms. The summed E-state index contributed by atoms with van der Waals surface area (Å²) in [4.78, 5) is 0. The van der Waals surface area contributed by atoms with Gasteiger partial charge in [0.1, 0.15) is 5.82 Å². The fraction of sp³-hybridized carbons (Fsp3) is 0.400. The van der Waals surface area contributed by atoms with Crippen molar-refractivity contribution in [1.29, 1.82) is 0 Å². The summed E-state index contributed by atoms with van der Waals surface area (Å²) in [6, 6.07) is 1.62. The molecule has 3 N–H and O–H groups in total. The van der Waals surface area contributed by atoms with Crippen LogP contribution in [0.25, 0.3) is 0 Å². The van der Waals surface area contributed by atoms with Gasteiger partial charge < -0.3 is 10.8 Å². The van der Waals surface area contributed by atoms with Crippen molar-refractivity contribution in [3.8, 4) is 0 Å². The SMILES string of the molecule is Cl.NC(CO)Cc1ccc(F)cc1C(F)(F)F. The summed E-state index contributed by atoms with van der Waals surface area (Å²) in [6.45, 7) is -0.422. The minimum absolute atomic E-state index is 0. The molecule has 0 fully saturated rings. The molecule has 1 atom stereocenters. The van der Waals surface area contributed by atoms with Crippen LogP contribution < -0.4 is 5.73 Å². The number of hydrogen-bond acceptors (Lipinski definition) is 2. The van der Waals surface area contributed by atoms with Crippen LogP contribution in [0, 0.1) is 5.82 Å². The van der Waals surface area contributed by atoms with E-state index < -0.39 is 30.2 Å². The highest BCUT2D eigenvalue weighted by molar-refractivity contribution is 5.85. The van der Waals surface area contributed by atoms with E-state index in [0.717, 1.165) is 12.1 Å². The molecule has 0 radical (unpaired) electrons. The molecule has 2 nitrogen and oxygen atoms in total. The highest BCUT2D eigenvalue weighted by Gasteiger charge is 2.33. The summed E-state index contributed by atoms with van der Waals surface area (Å²) in [5, 5.41) is 8.66. The zero-order valence-corrected chi connectivity index (χ0v) is 9.48. The molecule has 0 heterocycles. The van der Waals surface area contributed by atoms with Crippen molar-refractivity contribution in [2.45, 2.75) is 18.6 Å². The van der Waals surface area contributed by atoms with E-state index >= 15 is 0 Å². The highest BCUT2D eigenvalue weighted by Crippen LogP contribution is 2.32. The van der Waals surface area contributed by atoms with Crippen molar-refractivity contribution in [3.05, 3.63) is 35.1 Å². The Morgan fingerprint density at radius 3 is 2.35 bits per heavy atom. The Bertz CT molecular complexity index is 370. The molecule has 1 unspecified atom stereocenters. The Kier molecular flexibility index (Phi) is 5.87. The first-order valence-corrected chi connectivity index (χ1v) is 4.56. The van der Waals surface area contributed by atoms with Crippen molar-refractivity contribution in [3.63, 3.8) is 0 Å². The predicted octanol–water partition coefficient (Wildman–Crippen LogP) is 2.13. The Hall–Kier alpha value is -0.850. The zero-order chi connectivity index (χ0) is 12.3. The maximum atomic E-state index is 12.7. The maximum absolute atomic E-state index is 12.7. The van der Waals surface area contributed by atoms with E-state index in [9.17, 15) is 17.6 Å². The van der Waals surface area contributed by atoms with Crippen LogP contribution >= 0.6 is 12.4 Å². The van der Waals surface area contributed by atoms with E-state index in [0.29, 0.717) is 6.07 Å². The van der Waals surface area contributed by atoms with Crippen LogP contribution in [-0.4, -0.2) is 17.8 Å². The fourth-order valence-electron chi connectivity index (χ4n) is 1.34. The third kappa shape index (κ3) is 4.49. The van der Waals surface area contributed by atoms with Gasteiger partial charge in [0.25, 0.3) is 0 Å². The lowest BCUT2D eigenvalue weighted by atomic mass is 10.0. The van der Waals surface area contributed by atoms with Crippen LogP contribution in [0.2, 0.25) is 0 Å². The van der Waals surface area contributed by atoms with Gasteiger partial charge >= 0.3 is 6.18 Å². The summed E-state index contributed by atoms with van der Waals surface area (Å²) in [5.74, 6) is -0.950. The third-order valence-corrected chi connectivity index (χ3v) is 2.09. The lowest BCUT2D eigenvalue weighted by molar-refractivity contribution is -0.138.